The lowest BCUT2D eigenvalue weighted by Crippen LogP contribution is -2.24. The Morgan fingerprint density at radius 2 is 1.83 bits per heavy atom. The Labute approximate surface area is 68.4 Å². The molecule has 0 saturated carbocycles. The Kier molecular flexibility index (Phi) is 3.55. The van der Waals surface area contributed by atoms with Crippen molar-refractivity contribution < 1.29 is 23.1 Å². The molecule has 0 amide bonds. The molecule has 0 aromatic rings. The second kappa shape index (κ2) is 3.78. The summed E-state index contributed by atoms with van der Waals surface area (Å²) < 4.78 is 35.6. The summed E-state index contributed by atoms with van der Waals surface area (Å²) in [4.78, 5) is 10.2. The van der Waals surface area contributed by atoms with Gasteiger partial charge in [0, 0.05) is 0 Å². The van der Waals surface area contributed by atoms with Gasteiger partial charge in [-0.3, -0.25) is 4.79 Å². The van der Waals surface area contributed by atoms with Crippen LogP contribution in [0.4, 0.5) is 13.2 Å². The second-order valence-corrected chi connectivity index (χ2v) is 2.92. The molecule has 0 aliphatic rings. The van der Waals surface area contributed by atoms with E-state index < -0.39 is 24.0 Å². The predicted molar refractivity (Wildman–Crippen MR) is 36.6 cm³/mol. The first kappa shape index (κ1) is 11.3. The molecule has 0 heterocycles. The minimum atomic E-state index is -4.29. The van der Waals surface area contributed by atoms with Crippen molar-refractivity contribution in [1.82, 2.24) is 0 Å². The first-order chi connectivity index (χ1) is 5.25. The van der Waals surface area contributed by atoms with Gasteiger partial charge in [-0.25, -0.2) is 0 Å². The molecule has 0 radical (unpaired) electrons. The van der Waals surface area contributed by atoms with Gasteiger partial charge < -0.3 is 5.11 Å². The Morgan fingerprint density at radius 3 is 2.08 bits per heavy atom. The van der Waals surface area contributed by atoms with E-state index in [9.17, 15) is 18.0 Å². The number of carboxylic acids is 1. The molecule has 2 atom stereocenters. The third kappa shape index (κ3) is 3.59. The van der Waals surface area contributed by atoms with Gasteiger partial charge in [-0.05, 0) is 6.42 Å². The van der Waals surface area contributed by atoms with Crippen molar-refractivity contribution in [2.24, 2.45) is 11.8 Å². The summed E-state index contributed by atoms with van der Waals surface area (Å²) in [6.45, 7) is 2.25. The predicted octanol–water partition coefficient (Wildman–Crippen LogP) is 2.30. The van der Waals surface area contributed by atoms with Crippen LogP contribution in [0, 0.1) is 11.8 Å². The maximum atomic E-state index is 11.9. The Bertz CT molecular complexity index is 165. The number of halogens is 3. The highest BCUT2D eigenvalue weighted by molar-refractivity contribution is 5.69. The van der Waals surface area contributed by atoms with Crippen molar-refractivity contribution in [3.8, 4) is 0 Å². The van der Waals surface area contributed by atoms with Gasteiger partial charge in [-0.2, -0.15) is 13.2 Å². The van der Waals surface area contributed by atoms with Gasteiger partial charge in [0.2, 0.25) is 0 Å². The average Bonchev–Trinajstić information content (AvgIpc) is 1.85. The highest BCUT2D eigenvalue weighted by Crippen LogP contribution is 2.30. The van der Waals surface area contributed by atoms with Crippen LogP contribution in [-0.4, -0.2) is 17.3 Å². The molecular formula is C7H11F3O2. The number of carboxylic acid groups (broad SMARTS) is 1. The van der Waals surface area contributed by atoms with Crippen LogP contribution in [0.2, 0.25) is 0 Å². The number of carbonyl (C=O) groups is 1. The summed E-state index contributed by atoms with van der Waals surface area (Å²) in [5.41, 5.74) is 0. The standard InChI is InChI=1S/C7H11F3O2/c1-4(6(11)12)3-5(2)7(8,9)10/h4-5H,3H2,1-2H3,(H,11,12)/t4-,5?/m0/s1. The molecular weight excluding hydrogens is 173 g/mol. The van der Waals surface area contributed by atoms with Crippen molar-refractivity contribution in [3.63, 3.8) is 0 Å². The van der Waals surface area contributed by atoms with Crippen LogP contribution in [-0.2, 0) is 4.79 Å². The normalized spacial score (nSPS) is 17.1. The molecule has 0 spiro atoms. The molecule has 0 rings (SSSR count). The molecule has 0 aromatic heterocycles. The van der Waals surface area contributed by atoms with E-state index in [0.717, 1.165) is 6.92 Å². The minimum Gasteiger partial charge on any atom is -0.481 e. The van der Waals surface area contributed by atoms with E-state index in [1.807, 2.05) is 0 Å². The quantitative estimate of drug-likeness (QED) is 0.730. The molecule has 0 aromatic carbocycles. The van der Waals surface area contributed by atoms with Crippen LogP contribution in [0.15, 0.2) is 0 Å². The first-order valence-corrected chi connectivity index (χ1v) is 3.54. The van der Waals surface area contributed by atoms with Crippen LogP contribution in [0.3, 0.4) is 0 Å². The molecule has 72 valence electrons. The van der Waals surface area contributed by atoms with E-state index >= 15 is 0 Å². The fourth-order valence-electron chi connectivity index (χ4n) is 0.765. The van der Waals surface area contributed by atoms with Gasteiger partial charge >= 0.3 is 12.1 Å². The zero-order valence-electron chi connectivity index (χ0n) is 6.85. The maximum Gasteiger partial charge on any atom is 0.391 e. The number of alkyl halides is 3. The van der Waals surface area contributed by atoms with E-state index in [1.54, 1.807) is 0 Å². The van der Waals surface area contributed by atoms with Crippen LogP contribution >= 0.6 is 0 Å². The molecule has 0 saturated heterocycles. The van der Waals surface area contributed by atoms with Gasteiger partial charge in [-0.15, -0.1) is 0 Å². The summed E-state index contributed by atoms with van der Waals surface area (Å²) in [6, 6.07) is 0. The summed E-state index contributed by atoms with van der Waals surface area (Å²) in [5.74, 6) is -3.68. The SMILES string of the molecule is CC(C[C@H](C)C(=O)O)C(F)(F)F. The summed E-state index contributed by atoms with van der Waals surface area (Å²) >= 11 is 0. The molecule has 1 N–H and O–H groups in total. The molecule has 2 nitrogen and oxygen atoms in total. The van der Waals surface area contributed by atoms with Crippen molar-refractivity contribution in [1.29, 1.82) is 0 Å². The summed E-state index contributed by atoms with van der Waals surface area (Å²) in [6.07, 6.45) is -4.65. The molecule has 1 unspecified atom stereocenters. The molecule has 5 heteroatoms. The largest absolute Gasteiger partial charge is 0.481 e. The fraction of sp³-hybridized carbons (Fsp3) is 0.857. The number of rotatable bonds is 3. The Balaban J connectivity index is 4.01. The van der Waals surface area contributed by atoms with Gasteiger partial charge in [0.05, 0.1) is 11.8 Å². The minimum absolute atomic E-state index is 0.362. The third-order valence-corrected chi connectivity index (χ3v) is 1.69. The lowest BCUT2D eigenvalue weighted by atomic mass is 9.97. The number of hydrogen-bond acceptors (Lipinski definition) is 1. The molecule has 12 heavy (non-hydrogen) atoms. The van der Waals surface area contributed by atoms with Crippen LogP contribution < -0.4 is 0 Å². The zero-order chi connectivity index (χ0) is 9.94. The van der Waals surface area contributed by atoms with Gasteiger partial charge in [0.1, 0.15) is 0 Å². The van der Waals surface area contributed by atoms with E-state index in [-0.39, 0.29) is 6.42 Å². The van der Waals surface area contributed by atoms with Gasteiger partial charge in [0.15, 0.2) is 0 Å². The van der Waals surface area contributed by atoms with Crippen molar-refractivity contribution in [2.75, 3.05) is 0 Å². The highest BCUT2D eigenvalue weighted by Gasteiger charge is 2.37. The fourth-order valence-corrected chi connectivity index (χ4v) is 0.765. The monoisotopic (exact) mass is 184 g/mol. The van der Waals surface area contributed by atoms with Crippen LogP contribution in [0.5, 0.6) is 0 Å². The lowest BCUT2D eigenvalue weighted by Gasteiger charge is -2.17. The van der Waals surface area contributed by atoms with Crippen molar-refractivity contribution in [2.45, 2.75) is 26.4 Å². The van der Waals surface area contributed by atoms with Gasteiger partial charge in [0.25, 0.3) is 0 Å². The van der Waals surface area contributed by atoms with E-state index in [4.69, 9.17) is 5.11 Å². The molecule has 0 fully saturated rings. The number of hydrogen-bond donors (Lipinski definition) is 1. The topological polar surface area (TPSA) is 37.3 Å². The van der Waals surface area contributed by atoms with Crippen LogP contribution in [0.1, 0.15) is 20.3 Å². The van der Waals surface area contributed by atoms with E-state index in [0.29, 0.717) is 0 Å². The summed E-state index contributed by atoms with van der Waals surface area (Å²) in [5, 5.41) is 8.33. The highest BCUT2D eigenvalue weighted by atomic mass is 19.4. The van der Waals surface area contributed by atoms with Crippen LogP contribution in [0.25, 0.3) is 0 Å². The van der Waals surface area contributed by atoms with Crippen molar-refractivity contribution in [3.05, 3.63) is 0 Å². The average molecular weight is 184 g/mol. The zero-order valence-corrected chi connectivity index (χ0v) is 6.85. The molecule has 0 bridgehead atoms. The van der Waals surface area contributed by atoms with Crippen molar-refractivity contribution >= 4 is 5.97 Å². The maximum absolute atomic E-state index is 11.9. The van der Waals surface area contributed by atoms with E-state index in [1.165, 1.54) is 6.92 Å². The molecule has 0 aliphatic carbocycles. The van der Waals surface area contributed by atoms with E-state index in [2.05, 4.69) is 0 Å². The second-order valence-electron chi connectivity index (χ2n) is 2.92. The Morgan fingerprint density at radius 1 is 1.42 bits per heavy atom. The summed E-state index contributed by atoms with van der Waals surface area (Å²) in [7, 11) is 0. The molecule has 0 aliphatic heterocycles. The third-order valence-electron chi connectivity index (χ3n) is 1.69. The smallest absolute Gasteiger partial charge is 0.391 e. The first-order valence-electron chi connectivity index (χ1n) is 3.54. The lowest BCUT2D eigenvalue weighted by molar-refractivity contribution is -0.175. The Hall–Kier alpha value is -0.740. The number of aliphatic carboxylic acids is 1. The van der Waals surface area contributed by atoms with Gasteiger partial charge in [-0.1, -0.05) is 13.8 Å².